The van der Waals surface area contributed by atoms with E-state index in [1.807, 2.05) is 0 Å². The summed E-state index contributed by atoms with van der Waals surface area (Å²) in [6, 6.07) is -1.04. The molecule has 0 saturated carbocycles. The monoisotopic (exact) mass is 910 g/mol. The standard InChI is InChI=1S/C54H103NO7S/c1-4-7-10-13-16-19-22-25-28-31-34-37-40-43-51(56)55-50(54(59)60)48-63-47-49(62-53(58)45-42-39-36-33-30-27-24-21-18-15-12-9-6-3)46-61-52(57)44-41-38-35-32-29-26-23-20-17-14-11-8-5-2/h49-50H,4-48H2,1-3H3,(H,55,56)(H,59,60). The predicted molar refractivity (Wildman–Crippen MR) is 269 cm³/mol. The van der Waals surface area contributed by atoms with Gasteiger partial charge in [0.1, 0.15) is 18.8 Å². The van der Waals surface area contributed by atoms with Gasteiger partial charge in [0.25, 0.3) is 0 Å². The Kier molecular flexibility index (Phi) is 48.3. The summed E-state index contributed by atoms with van der Waals surface area (Å²) in [4.78, 5) is 50.3. The zero-order valence-electron chi connectivity index (χ0n) is 41.8. The zero-order valence-corrected chi connectivity index (χ0v) is 42.6. The van der Waals surface area contributed by atoms with E-state index in [0.29, 0.717) is 19.3 Å². The van der Waals surface area contributed by atoms with E-state index in [0.717, 1.165) is 57.8 Å². The Balaban J connectivity index is 4.59. The Labute approximate surface area is 393 Å². The van der Waals surface area contributed by atoms with Gasteiger partial charge in [0.15, 0.2) is 0 Å². The number of carboxylic acids is 1. The van der Waals surface area contributed by atoms with E-state index in [2.05, 4.69) is 26.1 Å². The van der Waals surface area contributed by atoms with Crippen molar-refractivity contribution in [2.75, 3.05) is 18.1 Å². The number of rotatable bonds is 51. The first-order chi connectivity index (χ1) is 30.8. The first kappa shape index (κ1) is 61.2. The highest BCUT2D eigenvalue weighted by Gasteiger charge is 2.23. The number of nitrogens with one attached hydrogen (secondary N) is 1. The van der Waals surface area contributed by atoms with Crippen LogP contribution in [-0.2, 0) is 28.7 Å². The number of carbonyl (C=O) groups excluding carboxylic acids is 3. The molecule has 2 atom stereocenters. The van der Waals surface area contributed by atoms with Crippen LogP contribution in [-0.4, -0.2) is 59.2 Å². The van der Waals surface area contributed by atoms with Gasteiger partial charge in [-0.3, -0.25) is 14.4 Å². The van der Waals surface area contributed by atoms with Crippen molar-refractivity contribution in [1.29, 1.82) is 0 Å². The van der Waals surface area contributed by atoms with Gasteiger partial charge >= 0.3 is 17.9 Å². The topological polar surface area (TPSA) is 119 Å². The number of esters is 2. The molecule has 2 N–H and O–H groups in total. The summed E-state index contributed by atoms with van der Waals surface area (Å²) < 4.78 is 11.4. The minimum atomic E-state index is -1.08. The number of ether oxygens (including phenoxy) is 2. The van der Waals surface area contributed by atoms with E-state index in [4.69, 9.17) is 9.47 Å². The van der Waals surface area contributed by atoms with Crippen molar-refractivity contribution in [3.63, 3.8) is 0 Å². The van der Waals surface area contributed by atoms with E-state index in [9.17, 15) is 24.3 Å². The molecule has 0 aliphatic rings. The van der Waals surface area contributed by atoms with Gasteiger partial charge in [0, 0.05) is 30.8 Å². The maximum absolute atomic E-state index is 12.9. The summed E-state index contributed by atoms with van der Waals surface area (Å²) in [5.41, 5.74) is 0. The molecule has 8 nitrogen and oxygen atoms in total. The second-order valence-electron chi connectivity index (χ2n) is 18.8. The number of thioether (sulfide) groups is 1. The summed E-state index contributed by atoms with van der Waals surface area (Å²) in [5.74, 6) is -1.49. The van der Waals surface area contributed by atoms with Crippen LogP contribution in [0.3, 0.4) is 0 Å². The summed E-state index contributed by atoms with van der Waals surface area (Å²) >= 11 is 1.30. The third-order valence-corrected chi connectivity index (χ3v) is 13.6. The predicted octanol–water partition coefficient (Wildman–Crippen LogP) is 16.2. The summed E-state index contributed by atoms with van der Waals surface area (Å²) in [6.07, 6.45) is 48.4. The van der Waals surface area contributed by atoms with Crippen LogP contribution in [0, 0.1) is 0 Å². The number of aliphatic carboxylic acids is 1. The smallest absolute Gasteiger partial charge is 0.327 e. The SMILES string of the molecule is CCCCCCCCCCCCCCCC(=O)NC(CSCC(COC(=O)CCCCCCCCCCCCCCC)OC(=O)CCCCCCCCCCCCCCC)C(=O)O. The molecular formula is C54H103NO7S. The number of hydrogen-bond acceptors (Lipinski definition) is 7. The lowest BCUT2D eigenvalue weighted by Gasteiger charge is -2.19. The fraction of sp³-hybridized carbons (Fsp3) is 0.926. The average molecular weight is 910 g/mol. The normalized spacial score (nSPS) is 12.3. The highest BCUT2D eigenvalue weighted by atomic mass is 32.2. The molecule has 2 unspecified atom stereocenters. The Bertz CT molecular complexity index is 1030. The molecule has 372 valence electrons. The third kappa shape index (κ3) is 46.6. The van der Waals surface area contributed by atoms with Crippen molar-refractivity contribution in [1.82, 2.24) is 5.32 Å². The zero-order chi connectivity index (χ0) is 46.1. The van der Waals surface area contributed by atoms with Gasteiger partial charge in [-0.25, -0.2) is 4.79 Å². The molecule has 0 aromatic heterocycles. The molecule has 0 saturated heterocycles. The summed E-state index contributed by atoms with van der Waals surface area (Å²) in [5, 5.41) is 12.6. The molecule has 0 rings (SSSR count). The third-order valence-electron chi connectivity index (χ3n) is 12.4. The number of unbranched alkanes of at least 4 members (excludes halogenated alkanes) is 36. The van der Waals surface area contributed by atoms with Gasteiger partial charge < -0.3 is 19.9 Å². The van der Waals surface area contributed by atoms with E-state index in [-0.39, 0.29) is 36.0 Å². The molecule has 63 heavy (non-hydrogen) atoms. The van der Waals surface area contributed by atoms with Gasteiger partial charge in [0.2, 0.25) is 5.91 Å². The van der Waals surface area contributed by atoms with E-state index in [1.165, 1.54) is 204 Å². The maximum atomic E-state index is 12.9. The Hall–Kier alpha value is -1.77. The van der Waals surface area contributed by atoms with Gasteiger partial charge in [-0.2, -0.15) is 11.8 Å². The Morgan fingerprint density at radius 1 is 0.413 bits per heavy atom. The minimum Gasteiger partial charge on any atom is -0.480 e. The molecule has 0 heterocycles. The van der Waals surface area contributed by atoms with Crippen LogP contribution in [0.5, 0.6) is 0 Å². The quantitative estimate of drug-likeness (QED) is 0.0457. The number of carboxylic acid groups (broad SMARTS) is 1. The van der Waals surface area contributed by atoms with E-state index < -0.39 is 18.1 Å². The molecule has 0 bridgehead atoms. The van der Waals surface area contributed by atoms with Crippen molar-refractivity contribution in [2.24, 2.45) is 0 Å². The molecular weight excluding hydrogens is 807 g/mol. The van der Waals surface area contributed by atoms with Gasteiger partial charge in [-0.05, 0) is 19.3 Å². The highest BCUT2D eigenvalue weighted by molar-refractivity contribution is 7.99. The molecule has 0 fully saturated rings. The molecule has 0 aromatic carbocycles. The number of carbonyl (C=O) groups is 4. The molecule has 0 radical (unpaired) electrons. The molecule has 0 aliphatic carbocycles. The van der Waals surface area contributed by atoms with Crippen LogP contribution >= 0.6 is 11.8 Å². The van der Waals surface area contributed by atoms with Gasteiger partial charge in [-0.15, -0.1) is 0 Å². The van der Waals surface area contributed by atoms with Crippen LogP contribution in [0.25, 0.3) is 0 Å². The molecule has 0 aliphatic heterocycles. The van der Waals surface area contributed by atoms with Crippen molar-refractivity contribution < 1.29 is 33.8 Å². The Morgan fingerprint density at radius 3 is 1.05 bits per heavy atom. The van der Waals surface area contributed by atoms with Crippen LogP contribution in [0.4, 0.5) is 0 Å². The number of hydrogen-bond donors (Lipinski definition) is 2. The summed E-state index contributed by atoms with van der Waals surface area (Å²) in [7, 11) is 0. The van der Waals surface area contributed by atoms with Crippen molar-refractivity contribution in [2.45, 2.75) is 303 Å². The van der Waals surface area contributed by atoms with Crippen LogP contribution < -0.4 is 5.32 Å². The molecule has 0 spiro atoms. The fourth-order valence-electron chi connectivity index (χ4n) is 8.26. The lowest BCUT2D eigenvalue weighted by molar-refractivity contribution is -0.157. The second-order valence-corrected chi connectivity index (χ2v) is 19.8. The minimum absolute atomic E-state index is 0.0439. The van der Waals surface area contributed by atoms with E-state index in [1.54, 1.807) is 0 Å². The summed E-state index contributed by atoms with van der Waals surface area (Å²) in [6.45, 7) is 6.72. The van der Waals surface area contributed by atoms with Crippen LogP contribution in [0.2, 0.25) is 0 Å². The van der Waals surface area contributed by atoms with Gasteiger partial charge in [-0.1, -0.05) is 252 Å². The first-order valence-electron chi connectivity index (χ1n) is 27.3. The Morgan fingerprint density at radius 2 is 0.714 bits per heavy atom. The lowest BCUT2D eigenvalue weighted by atomic mass is 10.0. The second kappa shape index (κ2) is 49.7. The highest BCUT2D eigenvalue weighted by Crippen LogP contribution is 2.18. The van der Waals surface area contributed by atoms with Crippen LogP contribution in [0.15, 0.2) is 0 Å². The largest absolute Gasteiger partial charge is 0.480 e. The van der Waals surface area contributed by atoms with E-state index >= 15 is 0 Å². The lowest BCUT2D eigenvalue weighted by Crippen LogP contribution is -2.42. The van der Waals surface area contributed by atoms with Crippen LogP contribution in [0.1, 0.15) is 290 Å². The van der Waals surface area contributed by atoms with Crippen molar-refractivity contribution >= 4 is 35.6 Å². The average Bonchev–Trinajstić information content (AvgIpc) is 3.27. The molecule has 1 amide bonds. The van der Waals surface area contributed by atoms with Crippen molar-refractivity contribution in [3.8, 4) is 0 Å². The number of amides is 1. The van der Waals surface area contributed by atoms with Crippen molar-refractivity contribution in [3.05, 3.63) is 0 Å². The first-order valence-corrected chi connectivity index (χ1v) is 28.4. The fourth-order valence-corrected chi connectivity index (χ4v) is 9.28. The van der Waals surface area contributed by atoms with Gasteiger partial charge in [0.05, 0.1) is 0 Å². The molecule has 0 aromatic rings. The molecule has 9 heteroatoms. The maximum Gasteiger partial charge on any atom is 0.327 e.